The highest BCUT2D eigenvalue weighted by atomic mass is 14.9. The van der Waals surface area contributed by atoms with Gasteiger partial charge in [0, 0.05) is 6.20 Å². The van der Waals surface area contributed by atoms with Crippen molar-refractivity contribution in [3.05, 3.63) is 54.0 Å². The summed E-state index contributed by atoms with van der Waals surface area (Å²) in [7, 11) is 0. The minimum Gasteiger partial charge on any atom is -0.379 e. The Hall–Kier alpha value is -1.57. The van der Waals surface area contributed by atoms with Crippen LogP contribution in [-0.4, -0.2) is 4.98 Å². The van der Waals surface area contributed by atoms with Crippen LogP contribution in [0.15, 0.2) is 42.8 Å². The molecule has 1 aliphatic heterocycles. The van der Waals surface area contributed by atoms with Crippen molar-refractivity contribution in [2.45, 2.75) is 13.0 Å². The molecule has 0 spiro atoms. The molecule has 0 radical (unpaired) electrons. The molecular weight excluding hydrogens is 160 g/mol. The van der Waals surface area contributed by atoms with Crippen molar-refractivity contribution in [1.29, 1.82) is 0 Å². The van der Waals surface area contributed by atoms with Crippen LogP contribution in [-0.2, 0) is 0 Å². The topological polar surface area (TPSA) is 24.9 Å². The zero-order valence-corrected chi connectivity index (χ0v) is 7.57. The van der Waals surface area contributed by atoms with Gasteiger partial charge in [-0.1, -0.05) is 18.2 Å². The highest BCUT2D eigenvalue weighted by Gasteiger charge is 2.10. The van der Waals surface area contributed by atoms with Gasteiger partial charge in [-0.25, -0.2) is 0 Å². The van der Waals surface area contributed by atoms with Gasteiger partial charge in [0.1, 0.15) is 0 Å². The Bertz CT molecular complexity index is 353. The molecule has 13 heavy (non-hydrogen) atoms. The van der Waals surface area contributed by atoms with Crippen molar-refractivity contribution < 1.29 is 0 Å². The van der Waals surface area contributed by atoms with Crippen LogP contribution in [0.4, 0.5) is 0 Å². The Labute approximate surface area is 78.0 Å². The van der Waals surface area contributed by atoms with Crippen molar-refractivity contribution in [3.8, 4) is 0 Å². The second kappa shape index (κ2) is 3.44. The smallest absolute Gasteiger partial charge is 0.0871 e. The molecule has 2 heteroatoms. The summed E-state index contributed by atoms with van der Waals surface area (Å²) in [5.74, 6) is 0. The van der Waals surface area contributed by atoms with Crippen molar-refractivity contribution in [2.75, 3.05) is 0 Å². The minimum absolute atomic E-state index is 0.228. The number of hydrogen-bond donors (Lipinski definition) is 1. The average Bonchev–Trinajstić information content (AvgIpc) is 2.20. The van der Waals surface area contributed by atoms with E-state index in [2.05, 4.69) is 29.4 Å². The molecule has 0 aromatic carbocycles. The van der Waals surface area contributed by atoms with Crippen LogP contribution in [0.3, 0.4) is 0 Å². The highest BCUT2D eigenvalue weighted by Crippen LogP contribution is 2.17. The molecule has 1 N–H and O–H groups in total. The number of nitrogens with one attached hydrogen (secondary N) is 1. The van der Waals surface area contributed by atoms with Crippen LogP contribution in [0.1, 0.15) is 17.3 Å². The predicted octanol–water partition coefficient (Wildman–Crippen LogP) is 2.10. The lowest BCUT2D eigenvalue weighted by molar-refractivity contribution is 0.714. The Morgan fingerprint density at radius 1 is 1.38 bits per heavy atom. The Morgan fingerprint density at radius 3 is 3.00 bits per heavy atom. The third kappa shape index (κ3) is 1.61. The number of rotatable bonds is 1. The second-order valence-electron chi connectivity index (χ2n) is 3.09. The quantitative estimate of drug-likeness (QED) is 0.701. The van der Waals surface area contributed by atoms with Gasteiger partial charge in [0.2, 0.25) is 0 Å². The molecule has 1 aromatic heterocycles. The normalized spacial score (nSPS) is 19.9. The Balaban J connectivity index is 2.30. The van der Waals surface area contributed by atoms with Gasteiger partial charge in [-0.05, 0) is 30.8 Å². The maximum Gasteiger partial charge on any atom is 0.0871 e. The zero-order valence-electron chi connectivity index (χ0n) is 7.57. The molecule has 0 saturated carbocycles. The molecule has 1 unspecified atom stereocenters. The monoisotopic (exact) mass is 172 g/mol. The first-order chi connectivity index (χ1) is 6.38. The van der Waals surface area contributed by atoms with E-state index in [0.717, 1.165) is 5.69 Å². The summed E-state index contributed by atoms with van der Waals surface area (Å²) in [6.45, 7) is 2.08. The fraction of sp³-hybridized carbons (Fsp3) is 0.182. The lowest BCUT2D eigenvalue weighted by atomic mass is 10.1. The molecule has 1 atom stereocenters. The van der Waals surface area contributed by atoms with Gasteiger partial charge in [0.25, 0.3) is 0 Å². The van der Waals surface area contributed by atoms with Crippen LogP contribution in [0.5, 0.6) is 0 Å². The number of pyridine rings is 1. The summed E-state index contributed by atoms with van der Waals surface area (Å²) < 4.78 is 0. The van der Waals surface area contributed by atoms with Gasteiger partial charge in [-0.2, -0.15) is 0 Å². The maximum absolute atomic E-state index is 4.35. The van der Waals surface area contributed by atoms with Crippen LogP contribution >= 0.6 is 0 Å². The molecule has 2 heterocycles. The number of allylic oxidation sites excluding steroid dienone is 2. The largest absolute Gasteiger partial charge is 0.379 e. The van der Waals surface area contributed by atoms with E-state index >= 15 is 0 Å². The number of dihydropyridines is 1. The lowest BCUT2D eigenvalue weighted by Gasteiger charge is -2.16. The van der Waals surface area contributed by atoms with Crippen molar-refractivity contribution >= 4 is 0 Å². The molecule has 0 aliphatic carbocycles. The van der Waals surface area contributed by atoms with E-state index < -0.39 is 0 Å². The van der Waals surface area contributed by atoms with Gasteiger partial charge >= 0.3 is 0 Å². The summed E-state index contributed by atoms with van der Waals surface area (Å²) in [6.07, 6.45) is 9.90. The van der Waals surface area contributed by atoms with E-state index in [-0.39, 0.29) is 6.04 Å². The van der Waals surface area contributed by atoms with E-state index in [1.165, 1.54) is 5.56 Å². The van der Waals surface area contributed by atoms with Gasteiger partial charge in [-0.15, -0.1) is 0 Å². The fourth-order valence-corrected chi connectivity index (χ4v) is 1.44. The van der Waals surface area contributed by atoms with Crippen molar-refractivity contribution in [1.82, 2.24) is 10.3 Å². The third-order valence-electron chi connectivity index (χ3n) is 2.13. The van der Waals surface area contributed by atoms with E-state index in [1.807, 2.05) is 30.6 Å². The molecule has 1 aromatic rings. The summed E-state index contributed by atoms with van der Waals surface area (Å²) in [5.41, 5.74) is 2.32. The van der Waals surface area contributed by atoms with Crippen molar-refractivity contribution in [3.63, 3.8) is 0 Å². The molecule has 0 fully saturated rings. The number of hydrogen-bond acceptors (Lipinski definition) is 2. The Morgan fingerprint density at radius 2 is 2.31 bits per heavy atom. The first kappa shape index (κ1) is 8.05. The zero-order chi connectivity index (χ0) is 9.10. The number of nitrogens with zero attached hydrogens (tertiary/aromatic N) is 1. The molecule has 66 valence electrons. The third-order valence-corrected chi connectivity index (χ3v) is 2.13. The summed E-state index contributed by atoms with van der Waals surface area (Å²) >= 11 is 0. The van der Waals surface area contributed by atoms with E-state index in [0.29, 0.717) is 0 Å². The summed E-state index contributed by atoms with van der Waals surface area (Å²) in [4.78, 5) is 4.35. The van der Waals surface area contributed by atoms with E-state index in [1.54, 1.807) is 0 Å². The van der Waals surface area contributed by atoms with Crippen molar-refractivity contribution in [2.24, 2.45) is 0 Å². The average molecular weight is 172 g/mol. The van der Waals surface area contributed by atoms with Crippen LogP contribution < -0.4 is 5.32 Å². The predicted molar refractivity (Wildman–Crippen MR) is 53.1 cm³/mol. The number of aromatic nitrogens is 1. The molecule has 2 nitrogen and oxygen atoms in total. The van der Waals surface area contributed by atoms with Gasteiger partial charge in [-0.3, -0.25) is 4.98 Å². The molecule has 0 bridgehead atoms. The number of aryl methyl sites for hydroxylation is 1. The highest BCUT2D eigenvalue weighted by molar-refractivity contribution is 5.27. The fourth-order valence-electron chi connectivity index (χ4n) is 1.44. The molecule has 0 amide bonds. The van der Waals surface area contributed by atoms with E-state index in [9.17, 15) is 0 Å². The van der Waals surface area contributed by atoms with Crippen LogP contribution in [0.25, 0.3) is 0 Å². The van der Waals surface area contributed by atoms with Crippen LogP contribution in [0, 0.1) is 6.92 Å². The second-order valence-corrected chi connectivity index (χ2v) is 3.09. The standard InChI is InChI=1S/C11H12N2/c1-9-5-4-8-13-11(9)10-6-2-3-7-12-10/h2-8,10,12H,1H3. The van der Waals surface area contributed by atoms with Gasteiger partial charge in [0.05, 0.1) is 11.7 Å². The summed E-state index contributed by atoms with van der Waals surface area (Å²) in [6, 6.07) is 4.27. The first-order valence-corrected chi connectivity index (χ1v) is 4.39. The van der Waals surface area contributed by atoms with Crippen LogP contribution in [0.2, 0.25) is 0 Å². The lowest BCUT2D eigenvalue weighted by Crippen LogP contribution is -2.17. The molecule has 0 saturated heterocycles. The van der Waals surface area contributed by atoms with Gasteiger partial charge in [0.15, 0.2) is 0 Å². The van der Waals surface area contributed by atoms with E-state index in [4.69, 9.17) is 0 Å². The molecular formula is C11H12N2. The Kier molecular flexibility index (Phi) is 2.13. The minimum atomic E-state index is 0.228. The molecule has 2 rings (SSSR count). The maximum atomic E-state index is 4.35. The summed E-state index contributed by atoms with van der Waals surface area (Å²) in [5, 5.41) is 3.25. The SMILES string of the molecule is Cc1cccnc1C1C=CC=CN1. The molecule has 1 aliphatic rings. The first-order valence-electron chi connectivity index (χ1n) is 4.39. The van der Waals surface area contributed by atoms with Gasteiger partial charge < -0.3 is 5.32 Å².